The molecule has 0 bridgehead atoms. The third-order valence-corrected chi connectivity index (χ3v) is 5.16. The summed E-state index contributed by atoms with van der Waals surface area (Å²) in [7, 11) is -3.09. The van der Waals surface area contributed by atoms with Crippen LogP contribution in [0.4, 0.5) is 0 Å². The van der Waals surface area contributed by atoms with E-state index in [1.807, 2.05) is 0 Å². The van der Waals surface area contributed by atoms with E-state index in [1.165, 1.54) is 0 Å². The average molecular weight is 244 g/mol. The van der Waals surface area contributed by atoms with Gasteiger partial charge >= 0.3 is 0 Å². The highest BCUT2D eigenvalue weighted by molar-refractivity contribution is 7.91. The van der Waals surface area contributed by atoms with Gasteiger partial charge in [0.1, 0.15) is 5.76 Å². The van der Waals surface area contributed by atoms with Crippen LogP contribution in [-0.2, 0) is 15.6 Å². The maximum Gasteiger partial charge on any atom is 0.158 e. The van der Waals surface area contributed by atoms with Gasteiger partial charge in [0.15, 0.2) is 9.84 Å². The molecular weight excluding hydrogens is 228 g/mol. The van der Waals surface area contributed by atoms with Gasteiger partial charge in [-0.25, -0.2) is 8.42 Å². The third-order valence-electron chi connectivity index (χ3n) is 3.05. The van der Waals surface area contributed by atoms with E-state index in [1.54, 1.807) is 13.8 Å². The molecule has 0 amide bonds. The van der Waals surface area contributed by atoms with Crippen molar-refractivity contribution in [1.82, 2.24) is 10.5 Å². The van der Waals surface area contributed by atoms with Crippen molar-refractivity contribution in [2.45, 2.75) is 31.3 Å². The molecule has 0 aliphatic carbocycles. The molecule has 1 N–H and O–H groups in total. The highest BCUT2D eigenvalue weighted by Gasteiger charge is 2.30. The van der Waals surface area contributed by atoms with Crippen LogP contribution in [0.5, 0.6) is 0 Å². The fraction of sp³-hybridized carbons (Fsp3) is 0.700. The molecule has 5 nitrogen and oxygen atoms in total. The minimum absolute atomic E-state index is 0.0422. The first-order valence-corrected chi connectivity index (χ1v) is 7.06. The minimum atomic E-state index is -3.09. The molecule has 6 heteroatoms. The molecule has 90 valence electrons. The van der Waals surface area contributed by atoms with E-state index < -0.39 is 9.84 Å². The minimum Gasteiger partial charge on any atom is -0.361 e. The Bertz CT molecular complexity index is 453. The number of nitrogens with one attached hydrogen (secondary N) is 1. The predicted octanol–water partition coefficient (Wildman–Crippen LogP) is 0.568. The van der Waals surface area contributed by atoms with Crippen molar-refractivity contribution in [2.24, 2.45) is 0 Å². The lowest BCUT2D eigenvalue weighted by atomic mass is 10.2. The topological polar surface area (TPSA) is 72.2 Å². The fourth-order valence-electron chi connectivity index (χ4n) is 1.96. The number of hydrogen-bond acceptors (Lipinski definition) is 5. The molecule has 1 aromatic rings. The van der Waals surface area contributed by atoms with Crippen molar-refractivity contribution in [1.29, 1.82) is 0 Å². The zero-order valence-corrected chi connectivity index (χ0v) is 10.3. The van der Waals surface area contributed by atoms with Gasteiger partial charge < -0.3 is 9.84 Å². The molecule has 0 aromatic carbocycles. The summed E-state index contributed by atoms with van der Waals surface area (Å²) in [6, 6.07) is 0. The first-order valence-electron chi connectivity index (χ1n) is 5.35. The fourth-order valence-corrected chi connectivity index (χ4v) is 3.86. The van der Waals surface area contributed by atoms with Gasteiger partial charge in [0.2, 0.25) is 0 Å². The van der Waals surface area contributed by atoms with Crippen LogP contribution in [0.15, 0.2) is 4.52 Å². The lowest BCUT2D eigenvalue weighted by Crippen LogP contribution is -2.25. The van der Waals surface area contributed by atoms with Crippen LogP contribution in [0.25, 0.3) is 0 Å². The van der Waals surface area contributed by atoms with E-state index in [0.717, 1.165) is 6.54 Å². The number of sulfone groups is 1. The van der Waals surface area contributed by atoms with Gasteiger partial charge in [-0.3, -0.25) is 0 Å². The molecule has 1 aliphatic rings. The quantitative estimate of drug-likeness (QED) is 0.841. The van der Waals surface area contributed by atoms with Crippen LogP contribution >= 0.6 is 0 Å². The van der Waals surface area contributed by atoms with Crippen molar-refractivity contribution in [3.63, 3.8) is 0 Å². The van der Waals surface area contributed by atoms with Crippen LogP contribution in [-0.4, -0.2) is 31.9 Å². The van der Waals surface area contributed by atoms with Crippen LogP contribution < -0.4 is 5.32 Å². The van der Waals surface area contributed by atoms with Crippen LogP contribution in [0.1, 0.15) is 23.4 Å². The number of hydrogen-bond donors (Lipinski definition) is 1. The zero-order chi connectivity index (χ0) is 11.8. The van der Waals surface area contributed by atoms with Gasteiger partial charge in [-0.05, 0) is 26.8 Å². The molecular formula is C10H16N2O3S. The first-order chi connectivity index (χ1) is 7.50. The monoisotopic (exact) mass is 244 g/mol. The Balaban J connectivity index is 2.20. The Hall–Kier alpha value is -0.880. The molecule has 0 unspecified atom stereocenters. The van der Waals surface area contributed by atoms with Crippen LogP contribution in [0, 0.1) is 13.8 Å². The molecule has 1 aromatic heterocycles. The van der Waals surface area contributed by atoms with E-state index in [0.29, 0.717) is 30.0 Å². The maximum absolute atomic E-state index is 12.1. The van der Waals surface area contributed by atoms with E-state index >= 15 is 0 Å². The Morgan fingerprint density at radius 2 is 2.25 bits per heavy atom. The third kappa shape index (κ3) is 2.12. The number of aromatic nitrogens is 1. The standard InChI is InChI=1S/C10H16N2O3S/c1-7-10(8(2)15-12-7)6-16(13,14)9-3-4-11-5-9/h9,11H,3-6H2,1-2H3/t9-/m1/s1. The summed E-state index contributed by atoms with van der Waals surface area (Å²) < 4.78 is 29.2. The largest absolute Gasteiger partial charge is 0.361 e. The lowest BCUT2D eigenvalue weighted by molar-refractivity contribution is 0.392. The van der Waals surface area contributed by atoms with E-state index in [4.69, 9.17) is 4.52 Å². The van der Waals surface area contributed by atoms with Crippen molar-refractivity contribution in [3.8, 4) is 0 Å². The van der Waals surface area contributed by atoms with Crippen molar-refractivity contribution < 1.29 is 12.9 Å². The smallest absolute Gasteiger partial charge is 0.158 e. The molecule has 2 rings (SSSR count). The van der Waals surface area contributed by atoms with E-state index in [9.17, 15) is 8.42 Å². The summed E-state index contributed by atoms with van der Waals surface area (Å²) in [6.07, 6.45) is 0.700. The second-order valence-corrected chi connectivity index (χ2v) is 6.51. The van der Waals surface area contributed by atoms with Crippen molar-refractivity contribution in [2.75, 3.05) is 13.1 Å². The van der Waals surface area contributed by atoms with Gasteiger partial charge in [0.05, 0.1) is 16.7 Å². The Kier molecular flexibility index (Phi) is 3.03. The molecule has 0 saturated carbocycles. The molecule has 0 spiro atoms. The SMILES string of the molecule is Cc1noc(C)c1CS(=O)(=O)[C@@H]1CCNC1. The van der Waals surface area contributed by atoms with Gasteiger partial charge in [0, 0.05) is 12.1 Å². The molecule has 1 fully saturated rings. The summed E-state index contributed by atoms with van der Waals surface area (Å²) in [5.74, 6) is 0.646. The van der Waals surface area contributed by atoms with Crippen LogP contribution in [0.2, 0.25) is 0 Å². The molecule has 0 radical (unpaired) electrons. The van der Waals surface area contributed by atoms with Crippen molar-refractivity contribution in [3.05, 3.63) is 17.0 Å². The summed E-state index contributed by atoms with van der Waals surface area (Å²) in [4.78, 5) is 0. The number of nitrogens with zero attached hydrogens (tertiary/aromatic N) is 1. The predicted molar refractivity (Wildman–Crippen MR) is 59.9 cm³/mol. The Labute approximate surface area is 95.1 Å². The van der Waals surface area contributed by atoms with Crippen LogP contribution in [0.3, 0.4) is 0 Å². The maximum atomic E-state index is 12.1. The lowest BCUT2D eigenvalue weighted by Gasteiger charge is -2.09. The second kappa shape index (κ2) is 4.18. The summed E-state index contributed by atoms with van der Waals surface area (Å²) in [5.41, 5.74) is 1.39. The summed E-state index contributed by atoms with van der Waals surface area (Å²) >= 11 is 0. The Morgan fingerprint density at radius 1 is 1.50 bits per heavy atom. The molecule has 1 aliphatic heterocycles. The molecule has 1 saturated heterocycles. The van der Waals surface area contributed by atoms with Gasteiger partial charge in [-0.15, -0.1) is 0 Å². The van der Waals surface area contributed by atoms with Crippen molar-refractivity contribution >= 4 is 9.84 Å². The van der Waals surface area contributed by atoms with E-state index in [-0.39, 0.29) is 11.0 Å². The summed E-state index contributed by atoms with van der Waals surface area (Å²) in [6.45, 7) is 4.86. The zero-order valence-electron chi connectivity index (χ0n) is 9.49. The molecule has 1 atom stereocenters. The average Bonchev–Trinajstić information content (AvgIpc) is 2.83. The first kappa shape index (κ1) is 11.6. The normalized spacial score (nSPS) is 21.5. The second-order valence-electron chi connectivity index (χ2n) is 4.22. The molecule has 2 heterocycles. The highest BCUT2D eigenvalue weighted by Crippen LogP contribution is 2.20. The number of aryl methyl sites for hydroxylation is 2. The number of rotatable bonds is 3. The van der Waals surface area contributed by atoms with E-state index in [2.05, 4.69) is 10.5 Å². The highest BCUT2D eigenvalue weighted by atomic mass is 32.2. The van der Waals surface area contributed by atoms with Gasteiger partial charge in [-0.2, -0.15) is 0 Å². The Morgan fingerprint density at radius 3 is 2.75 bits per heavy atom. The van der Waals surface area contributed by atoms with Gasteiger partial charge in [-0.1, -0.05) is 5.16 Å². The molecule has 16 heavy (non-hydrogen) atoms. The van der Waals surface area contributed by atoms with Gasteiger partial charge in [0.25, 0.3) is 0 Å². The summed E-state index contributed by atoms with van der Waals surface area (Å²) in [5, 5.41) is 6.58.